The molecule has 0 atom stereocenters. The van der Waals surface area contributed by atoms with Gasteiger partial charge in [0.2, 0.25) is 0 Å². The molecule has 0 unspecified atom stereocenters. The summed E-state index contributed by atoms with van der Waals surface area (Å²) >= 11 is 3.62. The topological polar surface area (TPSA) is 0 Å². The van der Waals surface area contributed by atoms with Crippen LogP contribution in [0.2, 0.25) is 0 Å². The van der Waals surface area contributed by atoms with Crippen molar-refractivity contribution in [3.63, 3.8) is 0 Å². The first-order valence-corrected chi connectivity index (χ1v) is 9.12. The van der Waals surface area contributed by atoms with Gasteiger partial charge in [-0.3, -0.25) is 0 Å². The van der Waals surface area contributed by atoms with E-state index in [2.05, 4.69) is 119 Å². The van der Waals surface area contributed by atoms with Crippen LogP contribution in [-0.2, 0) is 0 Å². The molecule has 0 aromatic heterocycles. The highest BCUT2D eigenvalue weighted by molar-refractivity contribution is 9.10. The van der Waals surface area contributed by atoms with Crippen LogP contribution in [0, 0.1) is 0 Å². The second-order valence-corrected chi connectivity index (χ2v) is 6.89. The van der Waals surface area contributed by atoms with E-state index in [9.17, 15) is 0 Å². The molecule has 120 valence electrons. The zero-order valence-corrected chi connectivity index (χ0v) is 15.3. The van der Waals surface area contributed by atoms with Crippen LogP contribution in [0.15, 0.2) is 108 Å². The van der Waals surface area contributed by atoms with Gasteiger partial charge in [-0.1, -0.05) is 107 Å². The Kier molecular flexibility index (Phi) is 4.49. The lowest BCUT2D eigenvalue weighted by Gasteiger charge is -2.16. The molecule has 0 aliphatic heterocycles. The van der Waals surface area contributed by atoms with E-state index >= 15 is 0 Å². The van der Waals surface area contributed by atoms with Gasteiger partial charge in [-0.25, -0.2) is 0 Å². The zero-order chi connectivity index (χ0) is 17.1. The van der Waals surface area contributed by atoms with Crippen LogP contribution in [-0.4, -0.2) is 0 Å². The van der Waals surface area contributed by atoms with Crippen LogP contribution in [0.1, 0.15) is 0 Å². The van der Waals surface area contributed by atoms with E-state index in [1.165, 1.54) is 33.4 Å². The van der Waals surface area contributed by atoms with E-state index in [4.69, 9.17) is 0 Å². The SMILES string of the molecule is Brc1cccc(-c2c(-c3ccccc3)cccc2-c2ccccc2)c1. The average Bonchev–Trinajstić information content (AvgIpc) is 2.69. The van der Waals surface area contributed by atoms with Gasteiger partial charge < -0.3 is 0 Å². The highest BCUT2D eigenvalue weighted by Crippen LogP contribution is 2.40. The largest absolute Gasteiger partial charge is 0.0622 e. The minimum Gasteiger partial charge on any atom is -0.0622 e. The van der Waals surface area contributed by atoms with Crippen LogP contribution < -0.4 is 0 Å². The molecule has 0 nitrogen and oxygen atoms in total. The predicted octanol–water partition coefficient (Wildman–Crippen LogP) is 7.45. The molecule has 1 heteroatoms. The number of hydrogen-bond acceptors (Lipinski definition) is 0. The summed E-state index contributed by atoms with van der Waals surface area (Å²) in [6.07, 6.45) is 0. The van der Waals surface area contributed by atoms with Gasteiger partial charge in [-0.15, -0.1) is 0 Å². The fourth-order valence-electron chi connectivity index (χ4n) is 3.22. The van der Waals surface area contributed by atoms with Crippen molar-refractivity contribution in [3.8, 4) is 33.4 Å². The minimum atomic E-state index is 1.09. The first-order chi connectivity index (χ1) is 12.3. The molecule has 4 aromatic rings. The van der Waals surface area contributed by atoms with Crippen molar-refractivity contribution in [1.82, 2.24) is 0 Å². The van der Waals surface area contributed by atoms with E-state index in [1.54, 1.807) is 0 Å². The molecule has 4 rings (SSSR count). The average molecular weight is 385 g/mol. The molecule has 0 heterocycles. The Hall–Kier alpha value is -2.64. The van der Waals surface area contributed by atoms with E-state index in [0.29, 0.717) is 0 Å². The molecular formula is C24H17Br. The summed E-state index contributed by atoms with van der Waals surface area (Å²) < 4.78 is 1.09. The third-order valence-electron chi connectivity index (χ3n) is 4.35. The Bertz CT molecular complexity index is 931. The molecule has 0 spiro atoms. The summed E-state index contributed by atoms with van der Waals surface area (Å²) in [5.41, 5.74) is 7.44. The second-order valence-electron chi connectivity index (χ2n) is 5.97. The van der Waals surface area contributed by atoms with Gasteiger partial charge in [-0.2, -0.15) is 0 Å². The Morgan fingerprint density at radius 3 is 1.44 bits per heavy atom. The van der Waals surface area contributed by atoms with Gasteiger partial charge in [0.1, 0.15) is 0 Å². The molecular weight excluding hydrogens is 368 g/mol. The minimum absolute atomic E-state index is 1.09. The zero-order valence-electron chi connectivity index (χ0n) is 13.7. The quantitative estimate of drug-likeness (QED) is 0.344. The molecule has 0 aliphatic carbocycles. The van der Waals surface area contributed by atoms with Crippen molar-refractivity contribution >= 4 is 15.9 Å². The van der Waals surface area contributed by atoms with Gasteiger partial charge in [0.15, 0.2) is 0 Å². The van der Waals surface area contributed by atoms with Gasteiger partial charge >= 0.3 is 0 Å². The summed E-state index contributed by atoms with van der Waals surface area (Å²) in [6, 6.07) is 36.3. The van der Waals surface area contributed by atoms with Crippen LogP contribution in [0.3, 0.4) is 0 Å². The Labute approximate surface area is 156 Å². The molecule has 0 radical (unpaired) electrons. The predicted molar refractivity (Wildman–Crippen MR) is 110 cm³/mol. The van der Waals surface area contributed by atoms with E-state index in [0.717, 1.165) is 4.47 Å². The van der Waals surface area contributed by atoms with Crippen LogP contribution in [0.4, 0.5) is 0 Å². The summed E-state index contributed by atoms with van der Waals surface area (Å²) in [5, 5.41) is 0. The first kappa shape index (κ1) is 15.9. The molecule has 4 aromatic carbocycles. The maximum Gasteiger partial charge on any atom is 0.0181 e. The van der Waals surface area contributed by atoms with Crippen LogP contribution in [0.25, 0.3) is 33.4 Å². The van der Waals surface area contributed by atoms with E-state index < -0.39 is 0 Å². The molecule has 0 saturated heterocycles. The molecule has 0 fully saturated rings. The summed E-state index contributed by atoms with van der Waals surface area (Å²) in [6.45, 7) is 0. The maximum absolute atomic E-state index is 3.62. The van der Waals surface area contributed by atoms with Gasteiger partial charge in [-0.05, 0) is 45.5 Å². The molecule has 25 heavy (non-hydrogen) atoms. The van der Waals surface area contributed by atoms with Gasteiger partial charge in [0.05, 0.1) is 0 Å². The first-order valence-electron chi connectivity index (χ1n) is 8.33. The lowest BCUT2D eigenvalue weighted by molar-refractivity contribution is 1.55. The number of rotatable bonds is 3. The fraction of sp³-hybridized carbons (Fsp3) is 0. The van der Waals surface area contributed by atoms with Crippen molar-refractivity contribution in [3.05, 3.63) is 108 Å². The monoisotopic (exact) mass is 384 g/mol. The summed E-state index contributed by atoms with van der Waals surface area (Å²) in [5.74, 6) is 0. The normalized spacial score (nSPS) is 10.6. The standard InChI is InChI=1S/C24H17Br/c25-21-14-7-13-20(17-21)24-22(18-9-3-1-4-10-18)15-8-16-23(24)19-11-5-2-6-12-19/h1-17H. The highest BCUT2D eigenvalue weighted by Gasteiger charge is 2.13. The van der Waals surface area contributed by atoms with Crippen LogP contribution >= 0.6 is 15.9 Å². The highest BCUT2D eigenvalue weighted by atomic mass is 79.9. The Morgan fingerprint density at radius 2 is 0.920 bits per heavy atom. The van der Waals surface area contributed by atoms with E-state index in [1.807, 2.05) is 0 Å². The van der Waals surface area contributed by atoms with Crippen LogP contribution in [0.5, 0.6) is 0 Å². The van der Waals surface area contributed by atoms with Crippen molar-refractivity contribution in [2.75, 3.05) is 0 Å². The number of halogens is 1. The summed E-state index contributed by atoms with van der Waals surface area (Å²) in [7, 11) is 0. The third kappa shape index (κ3) is 3.29. The Morgan fingerprint density at radius 1 is 0.440 bits per heavy atom. The fourth-order valence-corrected chi connectivity index (χ4v) is 3.62. The van der Waals surface area contributed by atoms with Crippen molar-refractivity contribution < 1.29 is 0 Å². The van der Waals surface area contributed by atoms with Gasteiger partial charge in [0, 0.05) is 4.47 Å². The van der Waals surface area contributed by atoms with Crippen molar-refractivity contribution in [1.29, 1.82) is 0 Å². The van der Waals surface area contributed by atoms with Crippen molar-refractivity contribution in [2.24, 2.45) is 0 Å². The second kappa shape index (κ2) is 7.08. The smallest absolute Gasteiger partial charge is 0.0181 e. The molecule has 0 aliphatic rings. The van der Waals surface area contributed by atoms with Gasteiger partial charge in [0.25, 0.3) is 0 Å². The maximum atomic E-state index is 3.62. The number of benzene rings is 4. The third-order valence-corrected chi connectivity index (χ3v) is 4.84. The van der Waals surface area contributed by atoms with E-state index in [-0.39, 0.29) is 0 Å². The number of hydrogen-bond donors (Lipinski definition) is 0. The summed E-state index contributed by atoms with van der Waals surface area (Å²) in [4.78, 5) is 0. The Balaban J connectivity index is 2.03. The molecule has 0 bridgehead atoms. The molecule has 0 saturated carbocycles. The molecule has 0 amide bonds. The van der Waals surface area contributed by atoms with Crippen molar-refractivity contribution in [2.45, 2.75) is 0 Å². The molecule has 0 N–H and O–H groups in total. The lowest BCUT2D eigenvalue weighted by atomic mass is 9.88. The lowest BCUT2D eigenvalue weighted by Crippen LogP contribution is -1.90.